The van der Waals surface area contributed by atoms with Gasteiger partial charge in [-0.1, -0.05) is 35.9 Å². The number of Topliss-reactive ketones (excluding diaryl/α,β-unsaturated/α-hetero) is 1. The van der Waals surface area contributed by atoms with E-state index in [1.807, 2.05) is 0 Å². The minimum Gasteiger partial charge on any atom is -0.352 e. The number of amides is 2. The van der Waals surface area contributed by atoms with E-state index in [1.165, 1.54) is 12.1 Å². The first-order chi connectivity index (χ1) is 13.5. The molecule has 2 amide bonds. The lowest BCUT2D eigenvalue weighted by molar-refractivity contribution is -0.126. The molecule has 0 spiro atoms. The SMILES string of the molecule is O=C1NC(=O)[C@H]2[C@@H]1[C@H](C(=O)c1ccccc1Cl)N1c3ccc(F)cc3C=C[C@H]21. The Morgan fingerprint density at radius 2 is 1.82 bits per heavy atom. The Kier molecular flexibility index (Phi) is 3.67. The van der Waals surface area contributed by atoms with E-state index in [2.05, 4.69) is 5.32 Å². The summed E-state index contributed by atoms with van der Waals surface area (Å²) >= 11 is 6.23. The average Bonchev–Trinajstić information content (AvgIpc) is 3.17. The van der Waals surface area contributed by atoms with Crippen LogP contribution in [0.2, 0.25) is 5.02 Å². The maximum Gasteiger partial charge on any atom is 0.233 e. The molecule has 0 unspecified atom stereocenters. The third-order valence-electron chi connectivity index (χ3n) is 5.72. The lowest BCUT2D eigenvalue weighted by Crippen LogP contribution is -2.47. The number of nitrogens with one attached hydrogen (secondary N) is 1. The first-order valence-corrected chi connectivity index (χ1v) is 9.25. The fourth-order valence-electron chi connectivity index (χ4n) is 4.58. The van der Waals surface area contributed by atoms with Gasteiger partial charge in [-0.3, -0.25) is 19.7 Å². The number of carbonyl (C=O) groups is 3. The molecule has 1 N–H and O–H groups in total. The Morgan fingerprint density at radius 3 is 2.61 bits per heavy atom. The summed E-state index contributed by atoms with van der Waals surface area (Å²) in [6.45, 7) is 0. The zero-order chi connectivity index (χ0) is 19.6. The highest BCUT2D eigenvalue weighted by Crippen LogP contribution is 2.47. The van der Waals surface area contributed by atoms with Crippen LogP contribution in [0.1, 0.15) is 15.9 Å². The molecular formula is C21H14ClFN2O3. The molecule has 2 saturated heterocycles. The number of hydrogen-bond acceptors (Lipinski definition) is 4. The zero-order valence-electron chi connectivity index (χ0n) is 14.4. The largest absolute Gasteiger partial charge is 0.352 e. The second-order valence-electron chi connectivity index (χ2n) is 7.15. The van der Waals surface area contributed by atoms with E-state index in [9.17, 15) is 18.8 Å². The van der Waals surface area contributed by atoms with Crippen LogP contribution in [-0.4, -0.2) is 29.7 Å². The van der Waals surface area contributed by atoms with Crippen molar-refractivity contribution in [2.24, 2.45) is 11.8 Å². The van der Waals surface area contributed by atoms with Crippen LogP contribution in [0.3, 0.4) is 0 Å². The summed E-state index contributed by atoms with van der Waals surface area (Å²) < 4.78 is 13.7. The van der Waals surface area contributed by atoms with Crippen molar-refractivity contribution in [3.8, 4) is 0 Å². The number of rotatable bonds is 2. The van der Waals surface area contributed by atoms with E-state index in [-0.39, 0.29) is 10.8 Å². The third kappa shape index (κ3) is 2.27. The third-order valence-corrected chi connectivity index (χ3v) is 6.05. The molecular weight excluding hydrogens is 383 g/mol. The molecule has 2 aromatic carbocycles. The van der Waals surface area contributed by atoms with Crippen LogP contribution >= 0.6 is 11.6 Å². The molecule has 0 radical (unpaired) electrons. The Morgan fingerprint density at radius 1 is 1.07 bits per heavy atom. The molecule has 5 nitrogen and oxygen atoms in total. The van der Waals surface area contributed by atoms with Crippen molar-refractivity contribution >= 4 is 41.0 Å². The van der Waals surface area contributed by atoms with Gasteiger partial charge < -0.3 is 4.90 Å². The van der Waals surface area contributed by atoms with Gasteiger partial charge in [-0.2, -0.15) is 0 Å². The molecule has 0 saturated carbocycles. The highest BCUT2D eigenvalue weighted by Gasteiger charge is 2.61. The van der Waals surface area contributed by atoms with Gasteiger partial charge in [-0.15, -0.1) is 0 Å². The van der Waals surface area contributed by atoms with Crippen LogP contribution in [0.4, 0.5) is 10.1 Å². The summed E-state index contributed by atoms with van der Waals surface area (Å²) in [5.74, 6) is -3.11. The quantitative estimate of drug-likeness (QED) is 0.626. The Balaban J connectivity index is 1.69. The van der Waals surface area contributed by atoms with Crippen LogP contribution in [0.5, 0.6) is 0 Å². The lowest BCUT2D eigenvalue weighted by atomic mass is 9.86. The van der Waals surface area contributed by atoms with Crippen LogP contribution in [0, 0.1) is 17.7 Å². The summed E-state index contributed by atoms with van der Waals surface area (Å²) in [5, 5.41) is 2.63. The summed E-state index contributed by atoms with van der Waals surface area (Å²) in [7, 11) is 0. The van der Waals surface area contributed by atoms with Gasteiger partial charge in [0.25, 0.3) is 0 Å². The first-order valence-electron chi connectivity index (χ1n) is 8.87. The first kappa shape index (κ1) is 17.1. The van der Waals surface area contributed by atoms with Crippen molar-refractivity contribution in [1.82, 2.24) is 5.32 Å². The normalized spacial score (nSPS) is 27.3. The van der Waals surface area contributed by atoms with Crippen molar-refractivity contribution < 1.29 is 18.8 Å². The fourth-order valence-corrected chi connectivity index (χ4v) is 4.81. The standard InChI is InChI=1S/C21H14ClFN2O3/c22-13-4-2-1-3-12(13)19(26)18-17-16(20(27)24-21(17)28)15-7-5-10-9-11(23)6-8-14(10)25(15)18/h1-9,15-18H,(H,24,27,28)/t15-,16-,17-,18-/m1/s1. The van der Waals surface area contributed by atoms with Crippen molar-refractivity contribution in [3.63, 3.8) is 0 Å². The number of benzene rings is 2. The van der Waals surface area contributed by atoms with E-state index >= 15 is 0 Å². The van der Waals surface area contributed by atoms with Crippen molar-refractivity contribution in [3.05, 3.63) is 70.5 Å². The van der Waals surface area contributed by atoms with Gasteiger partial charge in [0, 0.05) is 16.8 Å². The number of halogens is 2. The molecule has 0 aromatic heterocycles. The Labute approximate surface area is 164 Å². The van der Waals surface area contributed by atoms with Crippen LogP contribution in [-0.2, 0) is 9.59 Å². The molecule has 4 atom stereocenters. The summed E-state index contributed by atoms with van der Waals surface area (Å²) in [6.07, 6.45) is 3.49. The fraction of sp³-hybridized carbons (Fsp3) is 0.190. The summed E-state index contributed by atoms with van der Waals surface area (Å²) in [4.78, 5) is 40.3. The van der Waals surface area contributed by atoms with Crippen LogP contribution in [0.25, 0.3) is 6.08 Å². The smallest absolute Gasteiger partial charge is 0.233 e. The molecule has 3 heterocycles. The van der Waals surface area contributed by atoms with E-state index < -0.39 is 41.6 Å². The van der Waals surface area contributed by atoms with E-state index in [1.54, 1.807) is 47.4 Å². The summed E-state index contributed by atoms with van der Waals surface area (Å²) in [5.41, 5.74) is 1.51. The molecule has 3 aliphatic rings. The summed E-state index contributed by atoms with van der Waals surface area (Å²) in [6, 6.07) is 9.51. The molecule has 7 heteroatoms. The Bertz CT molecular complexity index is 1080. The maximum absolute atomic E-state index is 13.7. The van der Waals surface area contributed by atoms with E-state index in [4.69, 9.17) is 11.6 Å². The van der Waals surface area contributed by atoms with Gasteiger partial charge in [0.2, 0.25) is 11.8 Å². The van der Waals surface area contributed by atoms with Gasteiger partial charge in [0.1, 0.15) is 11.9 Å². The molecule has 2 aromatic rings. The lowest BCUT2D eigenvalue weighted by Gasteiger charge is -2.35. The number of carbonyl (C=O) groups excluding carboxylic acids is 3. The number of anilines is 1. The van der Waals surface area contributed by atoms with Crippen molar-refractivity contribution in [2.75, 3.05) is 4.90 Å². The van der Waals surface area contributed by atoms with Crippen LogP contribution in [0.15, 0.2) is 48.5 Å². The van der Waals surface area contributed by atoms with Gasteiger partial charge in [-0.05, 0) is 30.3 Å². The van der Waals surface area contributed by atoms with Crippen molar-refractivity contribution in [2.45, 2.75) is 12.1 Å². The molecule has 3 aliphatic heterocycles. The minimum absolute atomic E-state index is 0.282. The van der Waals surface area contributed by atoms with Crippen molar-refractivity contribution in [1.29, 1.82) is 0 Å². The highest BCUT2D eigenvalue weighted by molar-refractivity contribution is 6.34. The molecule has 2 fully saturated rings. The van der Waals surface area contributed by atoms with E-state index in [0.717, 1.165) is 0 Å². The maximum atomic E-state index is 13.7. The van der Waals surface area contributed by atoms with Gasteiger partial charge >= 0.3 is 0 Å². The van der Waals surface area contributed by atoms with Gasteiger partial charge in [0.15, 0.2) is 5.78 Å². The number of nitrogens with zero attached hydrogens (tertiary/aromatic N) is 1. The second-order valence-corrected chi connectivity index (χ2v) is 7.56. The molecule has 5 rings (SSSR count). The number of ketones is 1. The predicted molar refractivity (Wildman–Crippen MR) is 101 cm³/mol. The monoisotopic (exact) mass is 396 g/mol. The molecule has 0 bridgehead atoms. The second kappa shape index (κ2) is 6.01. The number of imide groups is 1. The zero-order valence-corrected chi connectivity index (χ0v) is 15.2. The van der Waals surface area contributed by atoms with Gasteiger partial charge in [-0.25, -0.2) is 4.39 Å². The van der Waals surface area contributed by atoms with Crippen LogP contribution < -0.4 is 10.2 Å². The number of fused-ring (bicyclic) bond motifs is 5. The van der Waals surface area contributed by atoms with E-state index in [0.29, 0.717) is 16.8 Å². The Hall–Kier alpha value is -2.99. The average molecular weight is 397 g/mol. The molecule has 140 valence electrons. The highest BCUT2D eigenvalue weighted by atomic mass is 35.5. The molecule has 28 heavy (non-hydrogen) atoms. The predicted octanol–water partition coefficient (Wildman–Crippen LogP) is 2.83. The number of hydrogen-bond donors (Lipinski definition) is 1. The minimum atomic E-state index is -0.907. The topological polar surface area (TPSA) is 66.5 Å². The molecule has 0 aliphatic carbocycles. The van der Waals surface area contributed by atoms with Gasteiger partial charge in [0.05, 0.1) is 22.9 Å².